The van der Waals surface area contributed by atoms with Crippen molar-refractivity contribution in [2.24, 2.45) is 0 Å². The number of nitrogens with one attached hydrogen (secondary N) is 1. The SMILES string of the molecule is CC(C(=O)Nc1ccccc1C#N)N1CCN(S(=O)(=O)N(C)C2CCCCC2)CC1. The number of carbonyl (C=O) groups is 1. The predicted octanol–water partition coefficient (Wildman–Crippen LogP) is 2.01. The highest BCUT2D eigenvalue weighted by molar-refractivity contribution is 7.86. The Morgan fingerprint density at radius 2 is 1.80 bits per heavy atom. The molecule has 1 heterocycles. The van der Waals surface area contributed by atoms with Crippen LogP contribution in [0.3, 0.4) is 0 Å². The van der Waals surface area contributed by atoms with Crippen molar-refractivity contribution < 1.29 is 13.2 Å². The second-order valence-corrected chi connectivity index (χ2v) is 10.1. The summed E-state index contributed by atoms with van der Waals surface area (Å²) in [7, 11) is -1.79. The smallest absolute Gasteiger partial charge is 0.282 e. The van der Waals surface area contributed by atoms with E-state index in [9.17, 15) is 18.5 Å². The Kier molecular flexibility index (Phi) is 7.47. The van der Waals surface area contributed by atoms with Gasteiger partial charge in [0.25, 0.3) is 10.2 Å². The molecule has 1 N–H and O–H groups in total. The average molecular weight is 434 g/mol. The Morgan fingerprint density at radius 1 is 1.17 bits per heavy atom. The van der Waals surface area contributed by atoms with Crippen LogP contribution in [0.2, 0.25) is 0 Å². The quantitative estimate of drug-likeness (QED) is 0.740. The van der Waals surface area contributed by atoms with Crippen LogP contribution in [-0.4, -0.2) is 73.1 Å². The van der Waals surface area contributed by atoms with Crippen molar-refractivity contribution in [1.82, 2.24) is 13.5 Å². The molecule has 0 radical (unpaired) electrons. The number of amides is 1. The number of nitriles is 1. The minimum atomic E-state index is -3.49. The summed E-state index contributed by atoms with van der Waals surface area (Å²) >= 11 is 0. The van der Waals surface area contributed by atoms with Gasteiger partial charge in [-0.05, 0) is 31.9 Å². The molecule has 2 aliphatic rings. The van der Waals surface area contributed by atoms with Crippen LogP contribution in [-0.2, 0) is 15.0 Å². The van der Waals surface area contributed by atoms with Gasteiger partial charge in [-0.15, -0.1) is 0 Å². The van der Waals surface area contributed by atoms with E-state index in [2.05, 4.69) is 11.4 Å². The van der Waals surface area contributed by atoms with Crippen LogP contribution < -0.4 is 5.32 Å². The Bertz CT molecular complexity index is 884. The molecule has 1 saturated carbocycles. The van der Waals surface area contributed by atoms with Gasteiger partial charge in [-0.1, -0.05) is 31.4 Å². The van der Waals surface area contributed by atoms with E-state index in [-0.39, 0.29) is 11.9 Å². The van der Waals surface area contributed by atoms with Crippen molar-refractivity contribution in [1.29, 1.82) is 5.26 Å². The molecule has 1 saturated heterocycles. The molecule has 1 aromatic carbocycles. The average Bonchev–Trinajstić information content (AvgIpc) is 2.79. The van der Waals surface area contributed by atoms with E-state index in [1.807, 2.05) is 11.8 Å². The summed E-state index contributed by atoms with van der Waals surface area (Å²) < 4.78 is 29.1. The second kappa shape index (κ2) is 9.88. The molecule has 8 nitrogen and oxygen atoms in total. The lowest BCUT2D eigenvalue weighted by Crippen LogP contribution is -2.57. The topological polar surface area (TPSA) is 96.7 Å². The number of hydrogen-bond acceptors (Lipinski definition) is 5. The summed E-state index contributed by atoms with van der Waals surface area (Å²) in [6.45, 7) is 3.53. The number of hydrogen-bond donors (Lipinski definition) is 1. The fraction of sp³-hybridized carbons (Fsp3) is 0.619. The van der Waals surface area contributed by atoms with Crippen molar-refractivity contribution in [3.05, 3.63) is 29.8 Å². The summed E-state index contributed by atoms with van der Waals surface area (Å²) in [6, 6.07) is 8.63. The van der Waals surface area contributed by atoms with Gasteiger partial charge in [0.1, 0.15) is 6.07 Å². The van der Waals surface area contributed by atoms with Crippen LogP contribution >= 0.6 is 0 Å². The standard InChI is InChI=1S/C21H31N5O3S/c1-17(21(27)23-20-11-7-6-8-18(20)16-22)25-12-14-26(15-13-25)30(28,29)24(2)19-9-4-3-5-10-19/h6-8,11,17,19H,3-5,9-10,12-15H2,1-2H3,(H,23,27). The van der Waals surface area contributed by atoms with Gasteiger partial charge in [0.15, 0.2) is 0 Å². The molecular weight excluding hydrogens is 402 g/mol. The number of anilines is 1. The van der Waals surface area contributed by atoms with E-state index in [1.165, 1.54) is 10.7 Å². The normalized spacial score (nSPS) is 20.6. The van der Waals surface area contributed by atoms with Crippen molar-refractivity contribution >= 4 is 21.8 Å². The van der Waals surface area contributed by atoms with E-state index in [0.717, 1.165) is 25.7 Å². The van der Waals surface area contributed by atoms with Gasteiger partial charge < -0.3 is 5.32 Å². The van der Waals surface area contributed by atoms with Crippen molar-refractivity contribution in [2.75, 3.05) is 38.5 Å². The molecule has 1 aromatic rings. The Morgan fingerprint density at radius 3 is 2.43 bits per heavy atom. The Hall–Kier alpha value is -1.99. The van der Waals surface area contributed by atoms with E-state index in [1.54, 1.807) is 35.6 Å². The van der Waals surface area contributed by atoms with Gasteiger partial charge in [0, 0.05) is 39.3 Å². The van der Waals surface area contributed by atoms with Gasteiger partial charge in [0.05, 0.1) is 17.3 Å². The van der Waals surface area contributed by atoms with Gasteiger partial charge in [-0.25, -0.2) is 0 Å². The minimum Gasteiger partial charge on any atom is -0.324 e. The zero-order valence-corrected chi connectivity index (χ0v) is 18.6. The summed E-state index contributed by atoms with van der Waals surface area (Å²) in [5, 5.41) is 12.0. The van der Waals surface area contributed by atoms with Gasteiger partial charge >= 0.3 is 0 Å². The van der Waals surface area contributed by atoms with Crippen molar-refractivity contribution in [3.8, 4) is 6.07 Å². The molecule has 9 heteroatoms. The molecule has 1 unspecified atom stereocenters. The van der Waals surface area contributed by atoms with Crippen molar-refractivity contribution in [2.45, 2.75) is 51.1 Å². The molecule has 0 bridgehead atoms. The highest BCUT2D eigenvalue weighted by Crippen LogP contribution is 2.25. The summed E-state index contributed by atoms with van der Waals surface area (Å²) in [5.74, 6) is -0.201. The van der Waals surface area contributed by atoms with Crippen LogP contribution in [0.1, 0.15) is 44.6 Å². The number of piperazine rings is 1. The molecule has 3 rings (SSSR count). The number of nitrogens with zero attached hydrogens (tertiary/aromatic N) is 4. The molecule has 1 aliphatic heterocycles. The third-order valence-electron chi connectivity index (χ3n) is 6.28. The highest BCUT2D eigenvalue weighted by atomic mass is 32.2. The van der Waals surface area contributed by atoms with Crippen LogP contribution in [0.25, 0.3) is 0 Å². The van der Waals surface area contributed by atoms with E-state index < -0.39 is 16.3 Å². The second-order valence-electron chi connectivity index (χ2n) is 8.07. The fourth-order valence-corrected chi connectivity index (χ4v) is 5.81. The first-order valence-corrected chi connectivity index (χ1v) is 12.0. The Labute approximate surface area is 179 Å². The largest absolute Gasteiger partial charge is 0.324 e. The van der Waals surface area contributed by atoms with Gasteiger partial charge in [-0.2, -0.15) is 22.3 Å². The lowest BCUT2D eigenvalue weighted by atomic mass is 9.96. The van der Waals surface area contributed by atoms with E-state index >= 15 is 0 Å². The first-order valence-electron chi connectivity index (χ1n) is 10.6. The number of carbonyl (C=O) groups excluding carboxylic acids is 1. The lowest BCUT2D eigenvalue weighted by Gasteiger charge is -2.40. The molecule has 2 fully saturated rings. The molecule has 1 atom stereocenters. The molecule has 1 aliphatic carbocycles. The number of para-hydroxylation sites is 1. The molecule has 1 amide bonds. The first-order chi connectivity index (χ1) is 14.3. The third-order valence-corrected chi connectivity index (χ3v) is 8.33. The zero-order chi connectivity index (χ0) is 21.7. The highest BCUT2D eigenvalue weighted by Gasteiger charge is 2.36. The van der Waals surface area contributed by atoms with Crippen LogP contribution in [0.5, 0.6) is 0 Å². The lowest BCUT2D eigenvalue weighted by molar-refractivity contribution is -0.121. The monoisotopic (exact) mass is 433 g/mol. The molecule has 0 spiro atoms. The van der Waals surface area contributed by atoms with Crippen molar-refractivity contribution in [3.63, 3.8) is 0 Å². The maximum Gasteiger partial charge on any atom is 0.282 e. The van der Waals surface area contributed by atoms with E-state index in [0.29, 0.717) is 37.4 Å². The van der Waals surface area contributed by atoms with Gasteiger partial charge in [0.2, 0.25) is 5.91 Å². The van der Waals surface area contributed by atoms with Crippen LogP contribution in [0.4, 0.5) is 5.69 Å². The maximum absolute atomic E-state index is 13.0. The Balaban J connectivity index is 1.56. The zero-order valence-electron chi connectivity index (χ0n) is 17.7. The molecule has 30 heavy (non-hydrogen) atoms. The molecular formula is C21H31N5O3S. The predicted molar refractivity (Wildman–Crippen MR) is 116 cm³/mol. The molecule has 0 aromatic heterocycles. The number of benzene rings is 1. The van der Waals surface area contributed by atoms with Crippen LogP contribution in [0.15, 0.2) is 24.3 Å². The molecule has 164 valence electrons. The summed E-state index contributed by atoms with van der Waals surface area (Å²) in [5.41, 5.74) is 0.909. The summed E-state index contributed by atoms with van der Waals surface area (Å²) in [6.07, 6.45) is 5.20. The number of rotatable bonds is 6. The van der Waals surface area contributed by atoms with Crippen LogP contribution in [0, 0.1) is 11.3 Å². The van der Waals surface area contributed by atoms with Gasteiger partial charge in [-0.3, -0.25) is 9.69 Å². The summed E-state index contributed by atoms with van der Waals surface area (Å²) in [4.78, 5) is 14.7. The first kappa shape index (κ1) is 22.7. The minimum absolute atomic E-state index is 0.0895. The van der Waals surface area contributed by atoms with E-state index in [4.69, 9.17) is 0 Å². The maximum atomic E-state index is 13.0. The third kappa shape index (κ3) is 5.01. The fourth-order valence-electron chi connectivity index (χ4n) is 4.23.